The standard InChI is InChI=1S/C26H34N4O3/c1-26(2,3)20-8-10-21(11-9-20)30(24(31)22-7-5-13-28-22)23(19-6-4-12-27-18-19)25(32)29-14-16-33-17-15-29/h4,6,8-12,18,22-23,28H,5,7,13-17H2,1-3H3. The van der Waals surface area contributed by atoms with Crippen LogP contribution in [0.3, 0.4) is 0 Å². The maximum Gasteiger partial charge on any atom is 0.250 e. The monoisotopic (exact) mass is 450 g/mol. The topological polar surface area (TPSA) is 74.8 Å². The van der Waals surface area contributed by atoms with E-state index in [9.17, 15) is 9.59 Å². The van der Waals surface area contributed by atoms with E-state index in [1.807, 2.05) is 24.3 Å². The zero-order valence-corrected chi connectivity index (χ0v) is 19.8. The van der Waals surface area contributed by atoms with Gasteiger partial charge in [-0.15, -0.1) is 0 Å². The summed E-state index contributed by atoms with van der Waals surface area (Å²) >= 11 is 0. The van der Waals surface area contributed by atoms with Crippen molar-refractivity contribution in [3.05, 3.63) is 59.9 Å². The van der Waals surface area contributed by atoms with Crippen LogP contribution in [0, 0.1) is 0 Å². The first-order chi connectivity index (χ1) is 15.9. The Morgan fingerprint density at radius 2 is 1.88 bits per heavy atom. The van der Waals surface area contributed by atoms with Crippen LogP contribution in [-0.2, 0) is 19.7 Å². The number of aromatic nitrogens is 1. The van der Waals surface area contributed by atoms with E-state index in [1.54, 1.807) is 22.2 Å². The van der Waals surface area contributed by atoms with Crippen LogP contribution in [0.25, 0.3) is 0 Å². The Balaban J connectivity index is 1.78. The first-order valence-corrected chi connectivity index (χ1v) is 11.8. The molecule has 33 heavy (non-hydrogen) atoms. The Morgan fingerprint density at radius 3 is 2.45 bits per heavy atom. The Bertz CT molecular complexity index is 944. The molecular formula is C26H34N4O3. The number of hydrogen-bond acceptors (Lipinski definition) is 5. The van der Waals surface area contributed by atoms with E-state index in [-0.39, 0.29) is 23.3 Å². The highest BCUT2D eigenvalue weighted by Crippen LogP contribution is 2.33. The molecule has 0 spiro atoms. The van der Waals surface area contributed by atoms with Gasteiger partial charge < -0.3 is 15.0 Å². The summed E-state index contributed by atoms with van der Waals surface area (Å²) in [5.41, 5.74) is 2.60. The molecule has 7 nitrogen and oxygen atoms in total. The smallest absolute Gasteiger partial charge is 0.250 e. The highest BCUT2D eigenvalue weighted by Gasteiger charge is 2.39. The van der Waals surface area contributed by atoms with Crippen molar-refractivity contribution in [3.8, 4) is 0 Å². The number of ether oxygens (including phenoxy) is 1. The second-order valence-corrected chi connectivity index (χ2v) is 9.78. The lowest BCUT2D eigenvalue weighted by Gasteiger charge is -2.37. The number of hydrogen-bond donors (Lipinski definition) is 1. The normalized spacial score (nSPS) is 19.8. The second-order valence-electron chi connectivity index (χ2n) is 9.78. The molecule has 2 aliphatic rings. The van der Waals surface area contributed by atoms with Gasteiger partial charge in [0.2, 0.25) is 5.91 Å². The number of carbonyl (C=O) groups excluding carboxylic acids is 2. The Labute approximate surface area is 196 Å². The Hall–Kier alpha value is -2.77. The van der Waals surface area contributed by atoms with Crippen molar-refractivity contribution in [2.75, 3.05) is 37.7 Å². The van der Waals surface area contributed by atoms with Gasteiger partial charge in [0.05, 0.1) is 19.3 Å². The van der Waals surface area contributed by atoms with Gasteiger partial charge >= 0.3 is 0 Å². The number of anilines is 1. The van der Waals surface area contributed by atoms with Crippen LogP contribution in [0.2, 0.25) is 0 Å². The SMILES string of the molecule is CC(C)(C)c1ccc(N(C(=O)C2CCCN2)C(C(=O)N2CCOCC2)c2cccnc2)cc1. The Kier molecular flexibility index (Phi) is 7.10. The number of nitrogens with one attached hydrogen (secondary N) is 1. The molecule has 2 saturated heterocycles. The molecule has 3 heterocycles. The first kappa shape index (κ1) is 23.4. The highest BCUT2D eigenvalue weighted by atomic mass is 16.5. The Morgan fingerprint density at radius 1 is 1.15 bits per heavy atom. The molecule has 2 unspecified atom stereocenters. The van der Waals surface area contributed by atoms with E-state index in [1.165, 1.54) is 5.56 Å². The third kappa shape index (κ3) is 5.25. The summed E-state index contributed by atoms with van der Waals surface area (Å²) in [4.78, 5) is 35.5. The van der Waals surface area contributed by atoms with Gasteiger partial charge in [-0.25, -0.2) is 0 Å². The maximum atomic E-state index is 13.9. The minimum atomic E-state index is -0.785. The van der Waals surface area contributed by atoms with Crippen LogP contribution < -0.4 is 10.2 Å². The van der Waals surface area contributed by atoms with Crippen LogP contribution in [0.5, 0.6) is 0 Å². The zero-order valence-electron chi connectivity index (χ0n) is 19.8. The van der Waals surface area contributed by atoms with Gasteiger partial charge in [-0.05, 0) is 48.6 Å². The third-order valence-corrected chi connectivity index (χ3v) is 6.42. The highest BCUT2D eigenvalue weighted by molar-refractivity contribution is 6.03. The molecule has 4 rings (SSSR count). The summed E-state index contributed by atoms with van der Waals surface area (Å²) in [6.07, 6.45) is 5.08. The molecule has 0 aliphatic carbocycles. The van der Waals surface area contributed by atoms with Crippen molar-refractivity contribution in [2.45, 2.75) is 51.1 Å². The predicted octanol–water partition coefficient (Wildman–Crippen LogP) is 3.06. The summed E-state index contributed by atoms with van der Waals surface area (Å²) in [5.74, 6) is -0.177. The summed E-state index contributed by atoms with van der Waals surface area (Å²) in [7, 11) is 0. The molecule has 2 aliphatic heterocycles. The number of amides is 2. The molecule has 1 aromatic carbocycles. The van der Waals surface area contributed by atoms with Crippen molar-refractivity contribution in [3.63, 3.8) is 0 Å². The molecule has 0 bridgehead atoms. The van der Waals surface area contributed by atoms with Crippen LogP contribution in [0.1, 0.15) is 50.8 Å². The fourth-order valence-corrected chi connectivity index (χ4v) is 4.49. The molecule has 2 atom stereocenters. The van der Waals surface area contributed by atoms with Crippen molar-refractivity contribution in [1.29, 1.82) is 0 Å². The molecule has 1 aromatic heterocycles. The van der Waals surface area contributed by atoms with E-state index in [0.29, 0.717) is 31.9 Å². The largest absolute Gasteiger partial charge is 0.378 e. The van der Waals surface area contributed by atoms with E-state index in [0.717, 1.165) is 25.1 Å². The number of morpholine rings is 1. The number of nitrogens with zero attached hydrogens (tertiary/aromatic N) is 3. The van der Waals surface area contributed by atoms with Gasteiger partial charge in [-0.1, -0.05) is 39.0 Å². The molecule has 2 aromatic rings. The lowest BCUT2D eigenvalue weighted by Crippen LogP contribution is -2.52. The average Bonchev–Trinajstić information content (AvgIpc) is 3.37. The molecular weight excluding hydrogens is 416 g/mol. The van der Waals surface area contributed by atoms with E-state index >= 15 is 0 Å². The van der Waals surface area contributed by atoms with Crippen LogP contribution in [0.4, 0.5) is 5.69 Å². The second kappa shape index (κ2) is 10.0. The molecule has 2 amide bonds. The molecule has 1 N–H and O–H groups in total. The van der Waals surface area contributed by atoms with Crippen LogP contribution in [-0.4, -0.2) is 60.6 Å². The van der Waals surface area contributed by atoms with Gasteiger partial charge in [-0.3, -0.25) is 19.5 Å². The molecule has 176 valence electrons. The van der Waals surface area contributed by atoms with Crippen molar-refractivity contribution < 1.29 is 14.3 Å². The van der Waals surface area contributed by atoms with Gasteiger partial charge in [0, 0.05) is 36.7 Å². The lowest BCUT2D eigenvalue weighted by atomic mass is 9.87. The van der Waals surface area contributed by atoms with Crippen molar-refractivity contribution >= 4 is 17.5 Å². The lowest BCUT2D eigenvalue weighted by molar-refractivity contribution is -0.138. The fraction of sp³-hybridized carbons (Fsp3) is 0.500. The van der Waals surface area contributed by atoms with Crippen molar-refractivity contribution in [2.24, 2.45) is 0 Å². The molecule has 0 saturated carbocycles. The molecule has 7 heteroatoms. The summed E-state index contributed by atoms with van der Waals surface area (Å²) < 4.78 is 5.46. The molecule has 2 fully saturated rings. The summed E-state index contributed by atoms with van der Waals surface area (Å²) in [6.45, 7) is 9.33. The quantitative estimate of drug-likeness (QED) is 0.758. The maximum absolute atomic E-state index is 13.9. The van der Waals surface area contributed by atoms with E-state index in [4.69, 9.17) is 4.74 Å². The minimum Gasteiger partial charge on any atom is -0.378 e. The van der Waals surface area contributed by atoms with E-state index in [2.05, 4.69) is 43.2 Å². The van der Waals surface area contributed by atoms with E-state index < -0.39 is 6.04 Å². The van der Waals surface area contributed by atoms with Crippen LogP contribution in [0.15, 0.2) is 48.8 Å². The number of carbonyl (C=O) groups is 2. The third-order valence-electron chi connectivity index (χ3n) is 6.42. The van der Waals surface area contributed by atoms with Gasteiger partial charge in [-0.2, -0.15) is 0 Å². The number of rotatable bonds is 5. The summed E-state index contributed by atoms with van der Waals surface area (Å²) in [5, 5.41) is 3.32. The summed E-state index contributed by atoms with van der Waals surface area (Å²) in [6, 6.07) is 10.6. The number of benzene rings is 1. The zero-order chi connectivity index (χ0) is 23.4. The average molecular weight is 451 g/mol. The van der Waals surface area contributed by atoms with Gasteiger partial charge in [0.25, 0.3) is 5.91 Å². The van der Waals surface area contributed by atoms with Gasteiger partial charge in [0.1, 0.15) is 6.04 Å². The minimum absolute atomic E-state index is 0.00719. The fourth-order valence-electron chi connectivity index (χ4n) is 4.49. The van der Waals surface area contributed by atoms with Crippen molar-refractivity contribution in [1.82, 2.24) is 15.2 Å². The van der Waals surface area contributed by atoms with Crippen LogP contribution >= 0.6 is 0 Å². The van der Waals surface area contributed by atoms with Gasteiger partial charge in [0.15, 0.2) is 0 Å². The number of pyridine rings is 1. The first-order valence-electron chi connectivity index (χ1n) is 11.8. The molecule has 0 radical (unpaired) electrons. The predicted molar refractivity (Wildman–Crippen MR) is 128 cm³/mol.